The first kappa shape index (κ1) is 15.2. The number of ether oxygens (including phenoxy) is 1. The van der Waals surface area contributed by atoms with Gasteiger partial charge >= 0.3 is 0 Å². The average Bonchev–Trinajstić information content (AvgIpc) is 2.53. The molecule has 0 saturated carbocycles. The van der Waals surface area contributed by atoms with Crippen molar-refractivity contribution in [3.8, 4) is 0 Å². The van der Waals surface area contributed by atoms with Crippen molar-refractivity contribution in [1.82, 2.24) is 14.9 Å². The van der Waals surface area contributed by atoms with Crippen LogP contribution in [0.3, 0.4) is 0 Å². The average molecular weight is 279 g/mol. The van der Waals surface area contributed by atoms with E-state index in [1.54, 1.807) is 12.4 Å². The first-order chi connectivity index (χ1) is 9.83. The van der Waals surface area contributed by atoms with Gasteiger partial charge in [0.2, 0.25) is 5.95 Å². The zero-order valence-corrected chi connectivity index (χ0v) is 12.2. The van der Waals surface area contributed by atoms with Gasteiger partial charge < -0.3 is 15.4 Å². The standard InChI is InChI=1S/C14H25N5O/c1-2-20-13(12-15)4-7-18-8-10-19(11-9-18)14-16-5-3-6-17-14/h3,5-6,13H,2,4,7-12,15H2,1H3. The number of hydrogen-bond acceptors (Lipinski definition) is 6. The lowest BCUT2D eigenvalue weighted by Gasteiger charge is -2.35. The van der Waals surface area contributed by atoms with E-state index < -0.39 is 0 Å². The summed E-state index contributed by atoms with van der Waals surface area (Å²) < 4.78 is 5.59. The molecule has 0 spiro atoms. The van der Waals surface area contributed by atoms with Gasteiger partial charge in [0, 0.05) is 58.3 Å². The molecular weight excluding hydrogens is 254 g/mol. The van der Waals surface area contributed by atoms with Gasteiger partial charge in [-0.2, -0.15) is 0 Å². The number of nitrogens with two attached hydrogens (primary N) is 1. The summed E-state index contributed by atoms with van der Waals surface area (Å²) in [5, 5.41) is 0. The molecule has 1 unspecified atom stereocenters. The van der Waals surface area contributed by atoms with Gasteiger partial charge in [0.25, 0.3) is 0 Å². The third-order valence-electron chi connectivity index (χ3n) is 3.64. The quantitative estimate of drug-likeness (QED) is 0.777. The fraction of sp³-hybridized carbons (Fsp3) is 0.714. The molecule has 112 valence electrons. The molecule has 6 nitrogen and oxygen atoms in total. The van der Waals surface area contributed by atoms with Gasteiger partial charge in [-0.3, -0.25) is 4.90 Å². The van der Waals surface area contributed by atoms with Crippen LogP contribution in [0.5, 0.6) is 0 Å². The van der Waals surface area contributed by atoms with Crippen LogP contribution in [0.15, 0.2) is 18.5 Å². The van der Waals surface area contributed by atoms with E-state index in [4.69, 9.17) is 10.5 Å². The minimum atomic E-state index is 0.190. The molecule has 2 N–H and O–H groups in total. The summed E-state index contributed by atoms with van der Waals surface area (Å²) in [6.45, 7) is 8.44. The van der Waals surface area contributed by atoms with Crippen LogP contribution in [0.1, 0.15) is 13.3 Å². The summed E-state index contributed by atoms with van der Waals surface area (Å²) >= 11 is 0. The first-order valence-electron chi connectivity index (χ1n) is 7.39. The lowest BCUT2D eigenvalue weighted by Crippen LogP contribution is -2.47. The SMILES string of the molecule is CCOC(CN)CCN1CCN(c2ncccn2)CC1. The summed E-state index contributed by atoms with van der Waals surface area (Å²) in [5.74, 6) is 0.835. The molecule has 1 aromatic rings. The molecule has 0 aliphatic carbocycles. The lowest BCUT2D eigenvalue weighted by atomic mass is 10.2. The molecule has 2 heterocycles. The largest absolute Gasteiger partial charge is 0.377 e. The summed E-state index contributed by atoms with van der Waals surface area (Å²) in [4.78, 5) is 13.3. The highest BCUT2D eigenvalue weighted by Gasteiger charge is 2.19. The molecule has 0 bridgehead atoms. The number of aromatic nitrogens is 2. The monoisotopic (exact) mass is 279 g/mol. The van der Waals surface area contributed by atoms with E-state index in [9.17, 15) is 0 Å². The van der Waals surface area contributed by atoms with Crippen molar-refractivity contribution in [2.75, 3.05) is 50.8 Å². The van der Waals surface area contributed by atoms with Gasteiger partial charge in [0.05, 0.1) is 6.10 Å². The van der Waals surface area contributed by atoms with Crippen molar-refractivity contribution >= 4 is 5.95 Å². The Morgan fingerprint density at radius 2 is 1.95 bits per heavy atom. The second kappa shape index (κ2) is 8.14. The Balaban J connectivity index is 1.72. The summed E-state index contributed by atoms with van der Waals surface area (Å²) in [6.07, 6.45) is 4.78. The number of piperazine rings is 1. The van der Waals surface area contributed by atoms with Crippen LogP contribution in [0, 0.1) is 0 Å². The first-order valence-corrected chi connectivity index (χ1v) is 7.39. The summed E-state index contributed by atoms with van der Waals surface area (Å²) in [7, 11) is 0. The fourth-order valence-corrected chi connectivity index (χ4v) is 2.46. The van der Waals surface area contributed by atoms with Crippen molar-refractivity contribution in [3.63, 3.8) is 0 Å². The molecule has 20 heavy (non-hydrogen) atoms. The van der Waals surface area contributed by atoms with Gasteiger partial charge in [-0.1, -0.05) is 0 Å². The molecule has 1 aliphatic rings. The molecule has 6 heteroatoms. The number of rotatable bonds is 7. The molecule has 1 aromatic heterocycles. The van der Waals surface area contributed by atoms with E-state index in [1.807, 2.05) is 13.0 Å². The fourth-order valence-electron chi connectivity index (χ4n) is 2.46. The van der Waals surface area contributed by atoms with E-state index in [0.717, 1.165) is 51.7 Å². The highest BCUT2D eigenvalue weighted by molar-refractivity contribution is 5.29. The van der Waals surface area contributed by atoms with Gasteiger partial charge in [-0.05, 0) is 19.4 Å². The van der Waals surface area contributed by atoms with Crippen molar-refractivity contribution in [3.05, 3.63) is 18.5 Å². The highest BCUT2D eigenvalue weighted by Crippen LogP contribution is 2.10. The molecule has 0 radical (unpaired) electrons. The van der Waals surface area contributed by atoms with Crippen LogP contribution < -0.4 is 10.6 Å². The second-order valence-corrected chi connectivity index (χ2v) is 4.98. The molecular formula is C14H25N5O. The van der Waals surface area contributed by atoms with Crippen LogP contribution in [-0.2, 0) is 4.74 Å². The Morgan fingerprint density at radius 1 is 1.25 bits per heavy atom. The molecule has 1 atom stereocenters. The summed E-state index contributed by atoms with van der Waals surface area (Å²) in [5.41, 5.74) is 5.70. The molecule has 1 aliphatic heterocycles. The Labute approximate surface area is 120 Å². The van der Waals surface area contributed by atoms with E-state index in [1.165, 1.54) is 0 Å². The maximum Gasteiger partial charge on any atom is 0.225 e. The van der Waals surface area contributed by atoms with Gasteiger partial charge in [-0.15, -0.1) is 0 Å². The van der Waals surface area contributed by atoms with Gasteiger partial charge in [0.15, 0.2) is 0 Å². The predicted octanol–water partition coefficient (Wildman–Crippen LogP) is 0.353. The van der Waals surface area contributed by atoms with Crippen molar-refractivity contribution in [2.45, 2.75) is 19.4 Å². The van der Waals surface area contributed by atoms with E-state index in [0.29, 0.717) is 6.54 Å². The van der Waals surface area contributed by atoms with Gasteiger partial charge in [-0.25, -0.2) is 9.97 Å². The van der Waals surface area contributed by atoms with Crippen LogP contribution in [0.2, 0.25) is 0 Å². The Hall–Kier alpha value is -1.24. The lowest BCUT2D eigenvalue weighted by molar-refractivity contribution is 0.0538. The number of nitrogens with zero attached hydrogens (tertiary/aromatic N) is 4. The Kier molecular flexibility index (Phi) is 6.17. The van der Waals surface area contributed by atoms with Gasteiger partial charge in [0.1, 0.15) is 0 Å². The topological polar surface area (TPSA) is 67.5 Å². The van der Waals surface area contributed by atoms with Crippen molar-refractivity contribution in [2.24, 2.45) is 5.73 Å². The van der Waals surface area contributed by atoms with Crippen LogP contribution in [0.25, 0.3) is 0 Å². The molecule has 0 aromatic carbocycles. The van der Waals surface area contributed by atoms with E-state index in [-0.39, 0.29) is 6.10 Å². The molecule has 1 saturated heterocycles. The van der Waals surface area contributed by atoms with Crippen LogP contribution in [0.4, 0.5) is 5.95 Å². The minimum Gasteiger partial charge on any atom is -0.377 e. The molecule has 1 fully saturated rings. The predicted molar refractivity (Wildman–Crippen MR) is 79.8 cm³/mol. The minimum absolute atomic E-state index is 0.190. The van der Waals surface area contributed by atoms with Crippen LogP contribution in [-0.4, -0.2) is 66.8 Å². The zero-order valence-electron chi connectivity index (χ0n) is 12.2. The third kappa shape index (κ3) is 4.40. The maximum absolute atomic E-state index is 5.70. The third-order valence-corrected chi connectivity index (χ3v) is 3.64. The maximum atomic E-state index is 5.70. The summed E-state index contributed by atoms with van der Waals surface area (Å²) in [6, 6.07) is 1.85. The molecule has 0 amide bonds. The van der Waals surface area contributed by atoms with E-state index >= 15 is 0 Å². The van der Waals surface area contributed by atoms with Crippen molar-refractivity contribution < 1.29 is 4.74 Å². The van der Waals surface area contributed by atoms with Crippen molar-refractivity contribution in [1.29, 1.82) is 0 Å². The Morgan fingerprint density at radius 3 is 2.55 bits per heavy atom. The normalized spacial score (nSPS) is 18.2. The zero-order chi connectivity index (χ0) is 14.2. The smallest absolute Gasteiger partial charge is 0.225 e. The van der Waals surface area contributed by atoms with Crippen LogP contribution >= 0.6 is 0 Å². The second-order valence-electron chi connectivity index (χ2n) is 4.98. The highest BCUT2D eigenvalue weighted by atomic mass is 16.5. The van der Waals surface area contributed by atoms with E-state index in [2.05, 4.69) is 19.8 Å². The number of anilines is 1. The molecule has 2 rings (SSSR count). The Bertz CT molecular complexity index is 367. The number of hydrogen-bond donors (Lipinski definition) is 1.